The van der Waals surface area contributed by atoms with E-state index in [2.05, 4.69) is 15.0 Å². The summed E-state index contributed by atoms with van der Waals surface area (Å²) in [6.07, 6.45) is 0.0245. The number of hydrogen-bond donors (Lipinski definition) is 1. The SMILES string of the molecule is C/C(=C\C(=O)Nc1ccc2nc(N3CCC(N4CCCC4=O)CC3)nc(C)c2c1)c1ccc(OC(F)(F)F)cc1. The van der Waals surface area contributed by atoms with E-state index in [9.17, 15) is 22.8 Å². The average Bonchev–Trinajstić information content (AvgIpc) is 3.34. The first-order valence-corrected chi connectivity index (χ1v) is 13.2. The van der Waals surface area contributed by atoms with E-state index >= 15 is 0 Å². The summed E-state index contributed by atoms with van der Waals surface area (Å²) >= 11 is 0. The minimum Gasteiger partial charge on any atom is -0.406 e. The number of benzene rings is 2. The Morgan fingerprint density at radius 1 is 1.07 bits per heavy atom. The van der Waals surface area contributed by atoms with Crippen molar-refractivity contribution in [3.8, 4) is 5.75 Å². The van der Waals surface area contributed by atoms with E-state index in [0.29, 0.717) is 35.2 Å². The molecule has 1 N–H and O–H groups in total. The normalized spacial score (nSPS) is 17.0. The van der Waals surface area contributed by atoms with Crippen molar-refractivity contribution in [1.82, 2.24) is 14.9 Å². The summed E-state index contributed by atoms with van der Waals surface area (Å²) in [5.74, 6) is 0.229. The number of hydrogen-bond acceptors (Lipinski definition) is 6. The van der Waals surface area contributed by atoms with E-state index in [-0.39, 0.29) is 17.6 Å². The molecule has 3 heterocycles. The van der Waals surface area contributed by atoms with Gasteiger partial charge < -0.3 is 19.9 Å². The van der Waals surface area contributed by atoms with Crippen LogP contribution < -0.4 is 15.0 Å². The van der Waals surface area contributed by atoms with Gasteiger partial charge in [0.05, 0.1) is 11.2 Å². The van der Waals surface area contributed by atoms with E-state index < -0.39 is 6.36 Å². The van der Waals surface area contributed by atoms with Gasteiger partial charge in [-0.25, -0.2) is 9.97 Å². The van der Waals surface area contributed by atoms with Crippen molar-refractivity contribution >= 4 is 39.9 Å². The minimum absolute atomic E-state index is 0.262. The number of aryl methyl sites for hydroxylation is 1. The third-order valence-corrected chi connectivity index (χ3v) is 7.33. The molecule has 0 bridgehead atoms. The number of rotatable bonds is 6. The van der Waals surface area contributed by atoms with Crippen molar-refractivity contribution in [2.75, 3.05) is 29.9 Å². The number of alkyl halides is 3. The number of allylic oxidation sites excluding steroid dienone is 1. The number of piperidine rings is 1. The Hall–Kier alpha value is -4.15. The Morgan fingerprint density at radius 3 is 2.45 bits per heavy atom. The molecule has 2 aliphatic heterocycles. The van der Waals surface area contributed by atoms with Gasteiger partial charge in [-0.3, -0.25) is 9.59 Å². The van der Waals surface area contributed by atoms with Gasteiger partial charge in [-0.05, 0) is 74.6 Å². The smallest absolute Gasteiger partial charge is 0.406 e. The van der Waals surface area contributed by atoms with Gasteiger partial charge in [0.25, 0.3) is 0 Å². The third kappa shape index (κ3) is 6.35. The number of nitrogens with one attached hydrogen (secondary N) is 1. The summed E-state index contributed by atoms with van der Waals surface area (Å²) in [4.78, 5) is 38.4. The van der Waals surface area contributed by atoms with Gasteiger partial charge in [0.1, 0.15) is 5.75 Å². The maximum atomic E-state index is 12.7. The Morgan fingerprint density at radius 2 is 1.80 bits per heavy atom. The molecule has 11 heteroatoms. The lowest BCUT2D eigenvalue weighted by molar-refractivity contribution is -0.274. The minimum atomic E-state index is -4.76. The maximum Gasteiger partial charge on any atom is 0.573 e. The van der Waals surface area contributed by atoms with Gasteiger partial charge in [-0.15, -0.1) is 13.2 Å². The average molecular weight is 554 g/mol. The summed E-state index contributed by atoms with van der Waals surface area (Å²) in [7, 11) is 0. The summed E-state index contributed by atoms with van der Waals surface area (Å²) in [5, 5.41) is 3.65. The quantitative estimate of drug-likeness (QED) is 0.408. The van der Waals surface area contributed by atoms with E-state index in [4.69, 9.17) is 9.97 Å². The van der Waals surface area contributed by atoms with Crippen molar-refractivity contribution in [3.63, 3.8) is 0 Å². The summed E-state index contributed by atoms with van der Waals surface area (Å²) in [6, 6.07) is 11.1. The molecule has 2 aliphatic rings. The molecule has 210 valence electrons. The van der Waals surface area contributed by atoms with Crippen molar-refractivity contribution < 1.29 is 27.5 Å². The van der Waals surface area contributed by atoms with E-state index in [1.807, 2.05) is 24.0 Å². The molecule has 0 saturated carbocycles. The molecule has 3 aromatic rings. The second kappa shape index (κ2) is 11.1. The molecular formula is C29H30F3N5O3. The zero-order chi connectivity index (χ0) is 28.4. The highest BCUT2D eigenvalue weighted by Gasteiger charge is 2.32. The number of carbonyl (C=O) groups is 2. The lowest BCUT2D eigenvalue weighted by Crippen LogP contribution is -2.45. The van der Waals surface area contributed by atoms with Gasteiger partial charge in [-0.2, -0.15) is 0 Å². The fourth-order valence-electron chi connectivity index (χ4n) is 5.30. The van der Waals surface area contributed by atoms with Crippen molar-refractivity contribution in [1.29, 1.82) is 0 Å². The van der Waals surface area contributed by atoms with Crippen LogP contribution in [0.25, 0.3) is 16.5 Å². The Balaban J connectivity index is 1.23. The number of likely N-dealkylation sites (tertiary alicyclic amines) is 1. The first-order chi connectivity index (χ1) is 19.1. The monoisotopic (exact) mass is 553 g/mol. The van der Waals surface area contributed by atoms with Crippen molar-refractivity contribution in [2.45, 2.75) is 51.9 Å². The van der Waals surface area contributed by atoms with Crippen LogP contribution in [0.5, 0.6) is 5.75 Å². The number of carbonyl (C=O) groups excluding carboxylic acids is 2. The molecule has 0 spiro atoms. The molecule has 5 rings (SSSR count). The van der Waals surface area contributed by atoms with E-state index in [1.54, 1.807) is 13.0 Å². The van der Waals surface area contributed by atoms with Gasteiger partial charge in [0.15, 0.2) is 0 Å². The van der Waals surface area contributed by atoms with Gasteiger partial charge in [0, 0.05) is 49.2 Å². The predicted octanol–water partition coefficient (Wildman–Crippen LogP) is 5.47. The van der Waals surface area contributed by atoms with Crippen molar-refractivity contribution in [3.05, 3.63) is 59.8 Å². The Bertz CT molecular complexity index is 1450. The van der Waals surface area contributed by atoms with Crippen LogP contribution in [-0.2, 0) is 9.59 Å². The van der Waals surface area contributed by atoms with Crippen LogP contribution in [0.2, 0.25) is 0 Å². The van der Waals surface area contributed by atoms with Gasteiger partial charge in [0.2, 0.25) is 17.8 Å². The largest absolute Gasteiger partial charge is 0.573 e. The number of anilines is 2. The van der Waals surface area contributed by atoms with Crippen LogP contribution in [-0.4, -0.2) is 58.7 Å². The van der Waals surface area contributed by atoms with Gasteiger partial charge in [-0.1, -0.05) is 12.1 Å². The molecule has 2 saturated heterocycles. The summed E-state index contributed by atoms with van der Waals surface area (Å²) < 4.78 is 41.0. The van der Waals surface area contributed by atoms with Gasteiger partial charge >= 0.3 is 6.36 Å². The van der Waals surface area contributed by atoms with Crippen LogP contribution >= 0.6 is 0 Å². The number of nitrogens with zero attached hydrogens (tertiary/aromatic N) is 4. The fraction of sp³-hybridized carbons (Fsp3) is 0.379. The molecular weight excluding hydrogens is 523 g/mol. The summed E-state index contributed by atoms with van der Waals surface area (Å²) in [5.41, 5.74) is 3.31. The van der Waals surface area contributed by atoms with Crippen LogP contribution in [0.15, 0.2) is 48.5 Å². The van der Waals surface area contributed by atoms with Crippen molar-refractivity contribution in [2.24, 2.45) is 0 Å². The molecule has 1 aromatic heterocycles. The number of fused-ring (bicyclic) bond motifs is 1. The number of ether oxygens (including phenoxy) is 1. The first-order valence-electron chi connectivity index (χ1n) is 13.2. The molecule has 2 aromatic carbocycles. The second-order valence-electron chi connectivity index (χ2n) is 10.1. The molecule has 0 unspecified atom stereocenters. The van der Waals surface area contributed by atoms with Crippen LogP contribution in [0.4, 0.5) is 24.8 Å². The Labute approximate surface area is 229 Å². The third-order valence-electron chi connectivity index (χ3n) is 7.33. The molecule has 2 fully saturated rings. The second-order valence-corrected chi connectivity index (χ2v) is 10.1. The maximum absolute atomic E-state index is 12.7. The molecule has 0 radical (unpaired) electrons. The topological polar surface area (TPSA) is 87.7 Å². The summed E-state index contributed by atoms with van der Waals surface area (Å²) in [6.45, 7) is 6.04. The first kappa shape index (κ1) is 27.4. The number of aromatic nitrogens is 2. The van der Waals surface area contributed by atoms with Crippen LogP contribution in [0, 0.1) is 6.92 Å². The zero-order valence-electron chi connectivity index (χ0n) is 22.3. The predicted molar refractivity (Wildman–Crippen MR) is 146 cm³/mol. The molecule has 0 atom stereocenters. The fourth-order valence-corrected chi connectivity index (χ4v) is 5.30. The lowest BCUT2D eigenvalue weighted by Gasteiger charge is -2.36. The van der Waals surface area contributed by atoms with E-state index in [1.165, 1.54) is 30.3 Å². The molecule has 8 nitrogen and oxygen atoms in total. The van der Waals surface area contributed by atoms with Crippen LogP contribution in [0.1, 0.15) is 43.9 Å². The molecule has 0 aliphatic carbocycles. The standard InChI is InChI=1S/C29H30F3N5O3/c1-18(20-5-8-23(9-6-20)40-29(30,31)32)16-26(38)34-21-7-10-25-24(17-21)19(2)33-28(35-25)36-14-11-22(12-15-36)37-13-3-4-27(37)39/h5-10,16-17,22H,3-4,11-15H2,1-2H3,(H,34,38)/b18-16+. The number of halogens is 3. The van der Waals surface area contributed by atoms with E-state index in [0.717, 1.165) is 55.5 Å². The number of amides is 2. The highest BCUT2D eigenvalue weighted by molar-refractivity contribution is 6.04. The Kier molecular flexibility index (Phi) is 7.64. The highest BCUT2D eigenvalue weighted by Crippen LogP contribution is 2.28. The highest BCUT2D eigenvalue weighted by atomic mass is 19.4. The lowest BCUT2D eigenvalue weighted by atomic mass is 10.0. The molecule has 40 heavy (non-hydrogen) atoms. The van der Waals surface area contributed by atoms with Crippen LogP contribution in [0.3, 0.4) is 0 Å². The molecule has 2 amide bonds. The zero-order valence-corrected chi connectivity index (χ0v) is 22.3.